The smallest absolute Gasteiger partial charge is 0.223 e. The van der Waals surface area contributed by atoms with E-state index in [2.05, 4.69) is 54.1 Å². The summed E-state index contributed by atoms with van der Waals surface area (Å²) in [6.07, 6.45) is 3.91. The summed E-state index contributed by atoms with van der Waals surface area (Å²) in [6, 6.07) is 16.6. The third-order valence-electron chi connectivity index (χ3n) is 5.97. The molecule has 0 spiro atoms. The number of carbonyl (C=O) groups excluding carboxylic acids is 1. The molecule has 5 heteroatoms. The maximum absolute atomic E-state index is 11.9. The first kappa shape index (κ1) is 20.5. The number of rotatable bonds is 10. The van der Waals surface area contributed by atoms with Crippen molar-refractivity contribution in [2.45, 2.75) is 52.0 Å². The van der Waals surface area contributed by atoms with Crippen LogP contribution in [0.5, 0.6) is 5.75 Å². The van der Waals surface area contributed by atoms with E-state index in [1.165, 1.54) is 5.56 Å². The SMILES string of the molecule is CCC(C)c1ccc(OCCn2c(CCNC(=O)C3CC3)nc3ccccc32)cc1. The van der Waals surface area contributed by atoms with Crippen LogP contribution in [0.15, 0.2) is 48.5 Å². The van der Waals surface area contributed by atoms with E-state index < -0.39 is 0 Å². The molecular formula is C25H31N3O2. The van der Waals surface area contributed by atoms with Crippen molar-refractivity contribution in [3.05, 3.63) is 59.9 Å². The summed E-state index contributed by atoms with van der Waals surface area (Å²) in [7, 11) is 0. The molecule has 1 unspecified atom stereocenters. The van der Waals surface area contributed by atoms with Crippen LogP contribution in [-0.4, -0.2) is 28.6 Å². The second kappa shape index (κ2) is 9.33. The number of nitrogens with zero attached hydrogens (tertiary/aromatic N) is 2. The minimum absolute atomic E-state index is 0.182. The normalized spacial score (nSPS) is 14.6. The quantitative estimate of drug-likeness (QED) is 0.532. The summed E-state index contributed by atoms with van der Waals surface area (Å²) in [6.45, 7) is 6.37. The fraction of sp³-hybridized carbons (Fsp3) is 0.440. The van der Waals surface area contributed by atoms with Crippen LogP contribution in [0, 0.1) is 5.92 Å². The van der Waals surface area contributed by atoms with Crippen molar-refractivity contribution in [3.8, 4) is 5.75 Å². The molecule has 1 aromatic heterocycles. The monoisotopic (exact) mass is 405 g/mol. The van der Waals surface area contributed by atoms with Gasteiger partial charge in [-0.3, -0.25) is 4.79 Å². The highest BCUT2D eigenvalue weighted by atomic mass is 16.5. The first-order valence-electron chi connectivity index (χ1n) is 11.1. The zero-order valence-corrected chi connectivity index (χ0v) is 17.9. The van der Waals surface area contributed by atoms with Crippen LogP contribution in [-0.2, 0) is 17.8 Å². The largest absolute Gasteiger partial charge is 0.492 e. The number of carbonyl (C=O) groups is 1. The molecule has 1 saturated carbocycles. The summed E-state index contributed by atoms with van der Waals surface area (Å²) in [5, 5.41) is 3.04. The molecule has 4 rings (SSSR count). The summed E-state index contributed by atoms with van der Waals surface area (Å²) < 4.78 is 8.23. The van der Waals surface area contributed by atoms with Crippen molar-refractivity contribution in [2.75, 3.05) is 13.2 Å². The molecular weight excluding hydrogens is 374 g/mol. The van der Waals surface area contributed by atoms with E-state index in [1.807, 2.05) is 18.2 Å². The third-order valence-corrected chi connectivity index (χ3v) is 5.97. The minimum Gasteiger partial charge on any atom is -0.492 e. The summed E-state index contributed by atoms with van der Waals surface area (Å²) in [4.78, 5) is 16.7. The van der Waals surface area contributed by atoms with Crippen molar-refractivity contribution in [1.29, 1.82) is 0 Å². The lowest BCUT2D eigenvalue weighted by Crippen LogP contribution is -2.27. The van der Waals surface area contributed by atoms with Crippen LogP contribution in [0.3, 0.4) is 0 Å². The molecule has 0 radical (unpaired) electrons. The fourth-order valence-electron chi connectivity index (χ4n) is 3.74. The first-order chi connectivity index (χ1) is 14.7. The van der Waals surface area contributed by atoms with Gasteiger partial charge in [0.2, 0.25) is 5.91 Å². The van der Waals surface area contributed by atoms with E-state index in [1.54, 1.807) is 0 Å². The minimum atomic E-state index is 0.182. The Labute approximate surface area is 178 Å². The Hall–Kier alpha value is -2.82. The van der Waals surface area contributed by atoms with Crippen molar-refractivity contribution in [1.82, 2.24) is 14.9 Å². The summed E-state index contributed by atoms with van der Waals surface area (Å²) in [5.74, 6) is 2.87. The van der Waals surface area contributed by atoms with Gasteiger partial charge in [0.05, 0.1) is 17.6 Å². The van der Waals surface area contributed by atoms with E-state index in [4.69, 9.17) is 9.72 Å². The number of hydrogen-bond acceptors (Lipinski definition) is 3. The number of benzene rings is 2. The molecule has 3 aromatic rings. The molecule has 0 saturated heterocycles. The average Bonchev–Trinajstić information content (AvgIpc) is 3.57. The molecule has 1 amide bonds. The lowest BCUT2D eigenvalue weighted by Gasteiger charge is -2.13. The zero-order chi connectivity index (χ0) is 20.9. The molecule has 1 heterocycles. The highest BCUT2D eigenvalue weighted by molar-refractivity contribution is 5.80. The second-order valence-corrected chi connectivity index (χ2v) is 8.21. The van der Waals surface area contributed by atoms with Gasteiger partial charge in [-0.1, -0.05) is 38.1 Å². The van der Waals surface area contributed by atoms with Gasteiger partial charge >= 0.3 is 0 Å². The molecule has 1 fully saturated rings. The number of para-hydroxylation sites is 2. The maximum Gasteiger partial charge on any atom is 0.223 e. The lowest BCUT2D eigenvalue weighted by atomic mass is 9.99. The van der Waals surface area contributed by atoms with Crippen molar-refractivity contribution >= 4 is 16.9 Å². The number of nitrogens with one attached hydrogen (secondary N) is 1. The second-order valence-electron chi connectivity index (χ2n) is 8.21. The van der Waals surface area contributed by atoms with Crippen LogP contribution >= 0.6 is 0 Å². The Morgan fingerprint density at radius 3 is 2.70 bits per heavy atom. The molecule has 2 aromatic carbocycles. The standard InChI is InChI=1S/C25H31N3O2/c1-3-18(2)19-10-12-21(13-11-19)30-17-16-28-23-7-5-4-6-22(23)27-24(28)14-15-26-25(29)20-8-9-20/h4-7,10-13,18,20H,3,8-9,14-17H2,1-2H3,(H,26,29). The Kier molecular flexibility index (Phi) is 6.36. The predicted octanol–water partition coefficient (Wildman–Crippen LogP) is 4.70. The topological polar surface area (TPSA) is 56.1 Å². The van der Waals surface area contributed by atoms with Crippen LogP contribution in [0.25, 0.3) is 11.0 Å². The molecule has 1 aliphatic carbocycles. The molecule has 30 heavy (non-hydrogen) atoms. The Balaban J connectivity index is 1.38. The highest BCUT2D eigenvalue weighted by Crippen LogP contribution is 2.28. The number of aromatic nitrogens is 2. The van der Waals surface area contributed by atoms with E-state index in [0.29, 0.717) is 19.1 Å². The van der Waals surface area contributed by atoms with Gasteiger partial charge in [0.1, 0.15) is 18.2 Å². The number of fused-ring (bicyclic) bond motifs is 1. The first-order valence-corrected chi connectivity index (χ1v) is 11.1. The van der Waals surface area contributed by atoms with E-state index in [-0.39, 0.29) is 11.8 Å². The predicted molar refractivity (Wildman–Crippen MR) is 120 cm³/mol. The van der Waals surface area contributed by atoms with E-state index >= 15 is 0 Å². The third kappa shape index (κ3) is 4.84. The number of imidazole rings is 1. The average molecular weight is 406 g/mol. The Bertz CT molecular complexity index is 989. The van der Waals surface area contributed by atoms with Gasteiger partial charge in [-0.05, 0) is 55.0 Å². The molecule has 1 atom stereocenters. The molecule has 1 N–H and O–H groups in total. The van der Waals surface area contributed by atoms with Gasteiger partial charge in [0.25, 0.3) is 0 Å². The molecule has 158 valence electrons. The Morgan fingerprint density at radius 2 is 1.97 bits per heavy atom. The van der Waals surface area contributed by atoms with Gasteiger partial charge in [0.15, 0.2) is 0 Å². The van der Waals surface area contributed by atoms with Gasteiger partial charge in [-0.25, -0.2) is 4.98 Å². The summed E-state index contributed by atoms with van der Waals surface area (Å²) in [5.41, 5.74) is 3.44. The molecule has 0 bridgehead atoms. The number of ether oxygens (including phenoxy) is 1. The highest BCUT2D eigenvalue weighted by Gasteiger charge is 2.29. The zero-order valence-electron chi connectivity index (χ0n) is 17.9. The van der Waals surface area contributed by atoms with Gasteiger partial charge < -0.3 is 14.6 Å². The van der Waals surface area contributed by atoms with Crippen molar-refractivity contribution < 1.29 is 9.53 Å². The van der Waals surface area contributed by atoms with E-state index in [0.717, 1.165) is 54.8 Å². The van der Waals surface area contributed by atoms with Crippen LogP contribution < -0.4 is 10.1 Å². The van der Waals surface area contributed by atoms with E-state index in [9.17, 15) is 4.79 Å². The van der Waals surface area contributed by atoms with Gasteiger partial charge in [-0.2, -0.15) is 0 Å². The molecule has 1 aliphatic rings. The lowest BCUT2D eigenvalue weighted by molar-refractivity contribution is -0.122. The van der Waals surface area contributed by atoms with Crippen LogP contribution in [0.4, 0.5) is 0 Å². The summed E-state index contributed by atoms with van der Waals surface area (Å²) >= 11 is 0. The van der Waals surface area contributed by atoms with Gasteiger partial charge in [-0.15, -0.1) is 0 Å². The maximum atomic E-state index is 11.9. The molecule has 5 nitrogen and oxygen atoms in total. The van der Waals surface area contributed by atoms with Crippen LogP contribution in [0.2, 0.25) is 0 Å². The van der Waals surface area contributed by atoms with Crippen molar-refractivity contribution in [2.24, 2.45) is 5.92 Å². The molecule has 0 aliphatic heterocycles. The fourth-order valence-corrected chi connectivity index (χ4v) is 3.74. The number of amides is 1. The number of hydrogen-bond donors (Lipinski definition) is 1. The Morgan fingerprint density at radius 1 is 1.20 bits per heavy atom. The van der Waals surface area contributed by atoms with Crippen molar-refractivity contribution in [3.63, 3.8) is 0 Å². The van der Waals surface area contributed by atoms with Crippen LogP contribution in [0.1, 0.15) is 50.4 Å². The van der Waals surface area contributed by atoms with Gasteiger partial charge in [0, 0.05) is 18.9 Å².